The molecule has 0 heterocycles. The van der Waals surface area contributed by atoms with Crippen LogP contribution in [0.25, 0.3) is 0 Å². The molecule has 108 valence electrons. The van der Waals surface area contributed by atoms with Gasteiger partial charge in [0, 0.05) is 0 Å². The Labute approximate surface area is 119 Å². The lowest BCUT2D eigenvalue weighted by molar-refractivity contribution is 0.433. The number of phenols is 1. The fourth-order valence-corrected chi connectivity index (χ4v) is 2.29. The number of phenolic OH excluding ortho intramolecular Hbond substituents is 1. The third-order valence-electron chi connectivity index (χ3n) is 3.49. The molecule has 0 radical (unpaired) electrons. The molecule has 0 bridgehead atoms. The number of hydrogen-bond acceptors (Lipinski definition) is 1. The van der Waals surface area contributed by atoms with Crippen molar-refractivity contribution in [3.63, 3.8) is 0 Å². The molecule has 0 amide bonds. The van der Waals surface area contributed by atoms with Crippen LogP contribution in [0.15, 0.2) is 12.1 Å². The highest BCUT2D eigenvalue weighted by Crippen LogP contribution is 2.38. The lowest BCUT2D eigenvalue weighted by Gasteiger charge is -2.28. The summed E-state index contributed by atoms with van der Waals surface area (Å²) in [6, 6.07) is 4.36. The summed E-state index contributed by atoms with van der Waals surface area (Å²) in [5.74, 6) is 1.04. The summed E-state index contributed by atoms with van der Waals surface area (Å²) in [6.45, 7) is 17.6. The summed E-state index contributed by atoms with van der Waals surface area (Å²) < 4.78 is 0. The topological polar surface area (TPSA) is 20.2 Å². The van der Waals surface area contributed by atoms with E-state index in [-0.39, 0.29) is 10.8 Å². The Hall–Kier alpha value is -0.980. The van der Waals surface area contributed by atoms with Crippen molar-refractivity contribution in [3.8, 4) is 5.75 Å². The molecule has 0 saturated carbocycles. The van der Waals surface area contributed by atoms with E-state index < -0.39 is 0 Å². The third-order valence-corrected chi connectivity index (χ3v) is 3.49. The van der Waals surface area contributed by atoms with Crippen LogP contribution in [-0.4, -0.2) is 5.11 Å². The van der Waals surface area contributed by atoms with E-state index in [9.17, 15) is 5.11 Å². The fourth-order valence-electron chi connectivity index (χ4n) is 2.29. The summed E-state index contributed by atoms with van der Waals surface area (Å²) in [7, 11) is 0. The van der Waals surface area contributed by atoms with E-state index in [1.54, 1.807) is 0 Å². The number of benzene rings is 1. The zero-order valence-corrected chi connectivity index (χ0v) is 13.9. The lowest BCUT2D eigenvalue weighted by Crippen LogP contribution is -2.17. The molecule has 1 rings (SSSR count). The van der Waals surface area contributed by atoms with Crippen molar-refractivity contribution in [2.45, 2.75) is 72.6 Å². The summed E-state index contributed by atoms with van der Waals surface area (Å²) >= 11 is 0. The van der Waals surface area contributed by atoms with Gasteiger partial charge in [-0.15, -0.1) is 0 Å². The van der Waals surface area contributed by atoms with Crippen molar-refractivity contribution in [2.75, 3.05) is 0 Å². The fraction of sp³-hybridized carbons (Fsp3) is 0.667. The molecule has 0 atom stereocenters. The number of hydrogen-bond donors (Lipinski definition) is 1. The van der Waals surface area contributed by atoms with Crippen molar-refractivity contribution in [1.82, 2.24) is 0 Å². The predicted octanol–water partition coefficient (Wildman–Crippen LogP) is 5.19. The van der Waals surface area contributed by atoms with Gasteiger partial charge >= 0.3 is 0 Å². The van der Waals surface area contributed by atoms with Gasteiger partial charge in [-0.1, -0.05) is 67.5 Å². The summed E-state index contributed by atoms with van der Waals surface area (Å²) in [5, 5.41) is 10.6. The van der Waals surface area contributed by atoms with Gasteiger partial charge in [-0.05, 0) is 39.9 Å². The van der Waals surface area contributed by atoms with Crippen molar-refractivity contribution in [3.05, 3.63) is 28.8 Å². The maximum atomic E-state index is 10.6. The van der Waals surface area contributed by atoms with Crippen LogP contribution in [-0.2, 0) is 17.3 Å². The molecule has 1 nitrogen and oxygen atoms in total. The first kappa shape index (κ1) is 16.1. The summed E-state index contributed by atoms with van der Waals surface area (Å²) in [4.78, 5) is 0. The monoisotopic (exact) mass is 262 g/mol. The van der Waals surface area contributed by atoms with Gasteiger partial charge in [0.25, 0.3) is 0 Å². The number of aromatic hydroxyl groups is 1. The molecule has 0 spiro atoms. The second-order valence-corrected chi connectivity index (χ2v) is 8.13. The molecule has 0 aliphatic heterocycles. The molecule has 0 saturated heterocycles. The van der Waals surface area contributed by atoms with E-state index in [1.807, 2.05) is 0 Å². The summed E-state index contributed by atoms with van der Waals surface area (Å²) in [6.07, 6.45) is 0.929. The molecule has 19 heavy (non-hydrogen) atoms. The van der Waals surface area contributed by atoms with E-state index in [0.717, 1.165) is 17.5 Å². The van der Waals surface area contributed by atoms with E-state index >= 15 is 0 Å². The lowest BCUT2D eigenvalue weighted by atomic mass is 9.78. The van der Waals surface area contributed by atoms with Crippen LogP contribution in [0.1, 0.15) is 72.1 Å². The SMILES string of the molecule is CC(C)Cc1cc(C(C)(C)C)cc(C(C)(C)C)c1O. The van der Waals surface area contributed by atoms with Crippen LogP contribution in [0.3, 0.4) is 0 Å². The molecule has 1 aromatic rings. The molecular weight excluding hydrogens is 232 g/mol. The zero-order valence-electron chi connectivity index (χ0n) is 13.9. The summed E-state index contributed by atoms with van der Waals surface area (Å²) in [5.41, 5.74) is 3.55. The molecule has 0 aliphatic rings. The Morgan fingerprint density at radius 3 is 1.84 bits per heavy atom. The van der Waals surface area contributed by atoms with E-state index in [0.29, 0.717) is 11.7 Å². The van der Waals surface area contributed by atoms with Crippen LogP contribution in [0.5, 0.6) is 5.75 Å². The van der Waals surface area contributed by atoms with Gasteiger partial charge in [0.1, 0.15) is 5.75 Å². The molecule has 0 aromatic heterocycles. The first-order chi connectivity index (χ1) is 8.43. The normalized spacial score (nSPS) is 13.1. The highest BCUT2D eigenvalue weighted by molar-refractivity contribution is 5.48. The Morgan fingerprint density at radius 2 is 1.47 bits per heavy atom. The van der Waals surface area contributed by atoms with Crippen LogP contribution in [0, 0.1) is 5.92 Å². The van der Waals surface area contributed by atoms with E-state index in [1.165, 1.54) is 5.56 Å². The largest absolute Gasteiger partial charge is 0.507 e. The maximum absolute atomic E-state index is 10.6. The van der Waals surface area contributed by atoms with E-state index in [2.05, 4.69) is 67.5 Å². The second-order valence-electron chi connectivity index (χ2n) is 8.13. The average Bonchev–Trinajstić information content (AvgIpc) is 2.16. The Bertz CT molecular complexity index is 442. The number of rotatable bonds is 2. The average molecular weight is 262 g/mol. The van der Waals surface area contributed by atoms with Crippen molar-refractivity contribution < 1.29 is 5.11 Å². The van der Waals surface area contributed by atoms with Crippen molar-refractivity contribution in [1.29, 1.82) is 0 Å². The molecule has 1 aromatic carbocycles. The van der Waals surface area contributed by atoms with Crippen molar-refractivity contribution >= 4 is 0 Å². The minimum Gasteiger partial charge on any atom is -0.507 e. The third kappa shape index (κ3) is 3.99. The molecule has 0 fully saturated rings. The molecule has 1 N–H and O–H groups in total. The first-order valence-corrected chi connectivity index (χ1v) is 7.29. The minimum absolute atomic E-state index is 0.0307. The van der Waals surface area contributed by atoms with Gasteiger partial charge in [0.15, 0.2) is 0 Å². The molecule has 0 aliphatic carbocycles. The first-order valence-electron chi connectivity index (χ1n) is 7.29. The van der Waals surface area contributed by atoms with Gasteiger partial charge in [0.2, 0.25) is 0 Å². The van der Waals surface area contributed by atoms with Gasteiger partial charge in [0.05, 0.1) is 0 Å². The molecular formula is C18H30O. The van der Waals surface area contributed by atoms with Gasteiger partial charge < -0.3 is 5.11 Å². The van der Waals surface area contributed by atoms with Crippen molar-refractivity contribution in [2.24, 2.45) is 5.92 Å². The molecule has 1 heteroatoms. The van der Waals surface area contributed by atoms with Gasteiger partial charge in [-0.25, -0.2) is 0 Å². The predicted molar refractivity (Wildman–Crippen MR) is 84.0 cm³/mol. The van der Waals surface area contributed by atoms with Gasteiger partial charge in [-0.2, -0.15) is 0 Å². The minimum atomic E-state index is -0.0307. The highest BCUT2D eigenvalue weighted by Gasteiger charge is 2.24. The highest BCUT2D eigenvalue weighted by atomic mass is 16.3. The van der Waals surface area contributed by atoms with E-state index in [4.69, 9.17) is 0 Å². The zero-order chi connectivity index (χ0) is 15.0. The Kier molecular flexibility index (Phi) is 4.39. The van der Waals surface area contributed by atoms with Gasteiger partial charge in [-0.3, -0.25) is 0 Å². The Morgan fingerprint density at radius 1 is 0.947 bits per heavy atom. The smallest absolute Gasteiger partial charge is 0.122 e. The maximum Gasteiger partial charge on any atom is 0.122 e. The second kappa shape index (κ2) is 5.19. The van der Waals surface area contributed by atoms with Crippen LogP contribution in [0.4, 0.5) is 0 Å². The Balaban J connectivity index is 3.48. The quantitative estimate of drug-likeness (QED) is 0.778. The van der Waals surface area contributed by atoms with Crippen LogP contribution in [0.2, 0.25) is 0 Å². The van der Waals surface area contributed by atoms with Crippen LogP contribution < -0.4 is 0 Å². The standard InChI is InChI=1S/C18H30O/c1-12(2)9-13-10-14(17(3,4)5)11-15(16(13)19)18(6,7)8/h10-12,19H,9H2,1-8H3. The molecule has 0 unspecified atom stereocenters. The van der Waals surface area contributed by atoms with Crippen LogP contribution >= 0.6 is 0 Å².